The molecule has 94 valence electrons. The minimum atomic E-state index is 0.0643. The van der Waals surface area contributed by atoms with Crippen LogP contribution in [0.5, 0.6) is 0 Å². The summed E-state index contributed by atoms with van der Waals surface area (Å²) in [6.07, 6.45) is 3.58. The van der Waals surface area contributed by atoms with Crippen LogP contribution in [0.1, 0.15) is 46.5 Å². The van der Waals surface area contributed by atoms with Gasteiger partial charge < -0.3 is 15.8 Å². The number of hydrogen-bond donors (Lipinski definition) is 2. The van der Waals surface area contributed by atoms with Gasteiger partial charge in [0, 0.05) is 12.5 Å². The van der Waals surface area contributed by atoms with Crippen LogP contribution < -0.4 is 5.73 Å². The van der Waals surface area contributed by atoms with Gasteiger partial charge >= 0.3 is 0 Å². The summed E-state index contributed by atoms with van der Waals surface area (Å²) in [6, 6.07) is 0.0643. The number of unbranched alkanes of at least 4 members (excludes halogenated alkanes) is 2. The van der Waals surface area contributed by atoms with Crippen LogP contribution in [0.4, 0.5) is 0 Å². The predicted molar refractivity (Wildman–Crippen MR) is 64.4 cm³/mol. The highest BCUT2D eigenvalue weighted by Crippen LogP contribution is 2.06. The summed E-state index contributed by atoms with van der Waals surface area (Å²) in [5, 5.41) is 11.4. The van der Waals surface area contributed by atoms with Crippen LogP contribution >= 0.6 is 0 Å². The molecule has 5 nitrogen and oxygen atoms in total. The van der Waals surface area contributed by atoms with Gasteiger partial charge in [0.1, 0.15) is 0 Å². The molecule has 0 atom stereocenters. The molecule has 0 aliphatic heterocycles. The summed E-state index contributed by atoms with van der Waals surface area (Å²) in [5.41, 5.74) is 5.41. The third kappa shape index (κ3) is 5.58. The molecule has 0 saturated heterocycles. The van der Waals surface area contributed by atoms with Crippen LogP contribution in [-0.4, -0.2) is 34.4 Å². The van der Waals surface area contributed by atoms with Gasteiger partial charge in [0.2, 0.25) is 5.91 Å². The van der Waals surface area contributed by atoms with Gasteiger partial charge in [0.15, 0.2) is 5.84 Å². The van der Waals surface area contributed by atoms with Crippen LogP contribution in [0.15, 0.2) is 5.16 Å². The van der Waals surface area contributed by atoms with Gasteiger partial charge in [-0.15, -0.1) is 0 Å². The number of carbonyl (C=O) groups excluding carboxylic acids is 1. The van der Waals surface area contributed by atoms with E-state index in [1.807, 2.05) is 13.8 Å². The van der Waals surface area contributed by atoms with E-state index in [4.69, 9.17) is 10.9 Å². The maximum atomic E-state index is 11.8. The average Bonchev–Trinajstić information content (AvgIpc) is 2.25. The van der Waals surface area contributed by atoms with Crippen molar-refractivity contribution in [2.45, 2.75) is 52.5 Å². The minimum Gasteiger partial charge on any atom is -0.409 e. The average molecular weight is 229 g/mol. The van der Waals surface area contributed by atoms with E-state index in [1.165, 1.54) is 0 Å². The molecule has 3 N–H and O–H groups in total. The Bertz CT molecular complexity index is 239. The summed E-state index contributed by atoms with van der Waals surface area (Å²) in [7, 11) is 0. The van der Waals surface area contributed by atoms with E-state index < -0.39 is 0 Å². The number of rotatable bonds is 7. The Kier molecular flexibility index (Phi) is 7.33. The smallest absolute Gasteiger partial charge is 0.223 e. The highest BCUT2D eigenvalue weighted by Gasteiger charge is 2.17. The lowest BCUT2D eigenvalue weighted by Gasteiger charge is -2.26. The molecule has 0 aromatic heterocycles. The summed E-state index contributed by atoms with van der Waals surface area (Å²) < 4.78 is 0. The molecule has 0 unspecified atom stereocenters. The molecule has 1 amide bonds. The van der Waals surface area contributed by atoms with Gasteiger partial charge in [-0.2, -0.15) is 0 Å². The van der Waals surface area contributed by atoms with Gasteiger partial charge in [0.05, 0.1) is 6.54 Å². The Labute approximate surface area is 97.3 Å². The molecule has 0 radical (unpaired) electrons. The first kappa shape index (κ1) is 14.7. The van der Waals surface area contributed by atoms with E-state index in [0.29, 0.717) is 6.42 Å². The first-order valence-electron chi connectivity index (χ1n) is 5.78. The van der Waals surface area contributed by atoms with Crippen LogP contribution in [0.3, 0.4) is 0 Å². The molecule has 0 saturated carbocycles. The monoisotopic (exact) mass is 229 g/mol. The Morgan fingerprint density at radius 3 is 2.50 bits per heavy atom. The van der Waals surface area contributed by atoms with Crippen molar-refractivity contribution in [3.8, 4) is 0 Å². The summed E-state index contributed by atoms with van der Waals surface area (Å²) in [6.45, 7) is 6.13. The third-order valence-electron chi connectivity index (χ3n) is 2.40. The van der Waals surface area contributed by atoms with Gasteiger partial charge in [-0.05, 0) is 20.3 Å². The molecule has 0 aromatic rings. The molecule has 0 aromatic carbocycles. The second-order valence-corrected chi connectivity index (χ2v) is 4.16. The molecule has 0 bridgehead atoms. The number of amides is 1. The van der Waals surface area contributed by atoms with Crippen molar-refractivity contribution >= 4 is 11.7 Å². The van der Waals surface area contributed by atoms with Crippen molar-refractivity contribution in [1.29, 1.82) is 0 Å². The first-order valence-corrected chi connectivity index (χ1v) is 5.78. The Balaban J connectivity index is 4.25. The topological polar surface area (TPSA) is 78.9 Å². The molecule has 0 aliphatic rings. The highest BCUT2D eigenvalue weighted by atomic mass is 16.4. The maximum absolute atomic E-state index is 11.8. The van der Waals surface area contributed by atoms with E-state index in [2.05, 4.69) is 12.1 Å². The second-order valence-electron chi connectivity index (χ2n) is 4.16. The number of oxime groups is 1. The standard InChI is InChI=1S/C11H23N3O2/c1-4-5-6-7-11(15)14(9(2)3)8-10(12)13-16/h9,16H,4-8H2,1-3H3,(H2,12,13). The van der Waals surface area contributed by atoms with Crippen LogP contribution in [-0.2, 0) is 4.79 Å². The van der Waals surface area contributed by atoms with Crippen molar-refractivity contribution in [2.24, 2.45) is 10.9 Å². The molecular formula is C11H23N3O2. The van der Waals surface area contributed by atoms with E-state index in [9.17, 15) is 4.79 Å². The highest BCUT2D eigenvalue weighted by molar-refractivity contribution is 5.87. The summed E-state index contributed by atoms with van der Waals surface area (Å²) >= 11 is 0. The molecule has 16 heavy (non-hydrogen) atoms. The van der Waals surface area contributed by atoms with Gasteiger partial charge in [0.25, 0.3) is 0 Å². The van der Waals surface area contributed by atoms with Crippen molar-refractivity contribution in [3.63, 3.8) is 0 Å². The zero-order chi connectivity index (χ0) is 12.6. The van der Waals surface area contributed by atoms with Gasteiger partial charge in [-0.1, -0.05) is 24.9 Å². The van der Waals surface area contributed by atoms with E-state index >= 15 is 0 Å². The zero-order valence-electron chi connectivity index (χ0n) is 10.4. The lowest BCUT2D eigenvalue weighted by Crippen LogP contribution is -2.42. The van der Waals surface area contributed by atoms with E-state index in [-0.39, 0.29) is 24.3 Å². The zero-order valence-corrected chi connectivity index (χ0v) is 10.4. The molecule has 0 aliphatic carbocycles. The van der Waals surface area contributed by atoms with Gasteiger partial charge in [-0.3, -0.25) is 4.79 Å². The first-order chi connectivity index (χ1) is 7.52. The minimum absolute atomic E-state index is 0.0643. The quantitative estimate of drug-likeness (QED) is 0.228. The molecule has 0 spiro atoms. The third-order valence-corrected chi connectivity index (χ3v) is 2.40. The maximum Gasteiger partial charge on any atom is 0.223 e. The lowest BCUT2D eigenvalue weighted by molar-refractivity contribution is -0.132. The molecule has 0 rings (SSSR count). The lowest BCUT2D eigenvalue weighted by atomic mass is 10.1. The van der Waals surface area contributed by atoms with E-state index in [1.54, 1.807) is 4.90 Å². The van der Waals surface area contributed by atoms with Crippen molar-refractivity contribution in [1.82, 2.24) is 4.90 Å². The van der Waals surface area contributed by atoms with Gasteiger partial charge in [-0.25, -0.2) is 0 Å². The number of hydrogen-bond acceptors (Lipinski definition) is 3. The normalized spacial score (nSPS) is 11.9. The van der Waals surface area contributed by atoms with Crippen LogP contribution in [0, 0.1) is 0 Å². The van der Waals surface area contributed by atoms with Crippen LogP contribution in [0.2, 0.25) is 0 Å². The number of carbonyl (C=O) groups is 1. The van der Waals surface area contributed by atoms with Crippen LogP contribution in [0.25, 0.3) is 0 Å². The molecule has 5 heteroatoms. The Morgan fingerprint density at radius 1 is 1.44 bits per heavy atom. The molecular weight excluding hydrogens is 206 g/mol. The fraction of sp³-hybridized carbons (Fsp3) is 0.818. The SMILES string of the molecule is CCCCCC(=O)N(CC(N)=NO)C(C)C. The summed E-state index contributed by atoms with van der Waals surface area (Å²) in [4.78, 5) is 13.5. The predicted octanol–water partition coefficient (Wildman–Crippen LogP) is 1.55. The number of nitrogens with two attached hydrogens (primary N) is 1. The van der Waals surface area contributed by atoms with E-state index in [0.717, 1.165) is 19.3 Å². The molecule has 0 fully saturated rings. The Morgan fingerprint density at radius 2 is 2.06 bits per heavy atom. The molecule has 0 heterocycles. The van der Waals surface area contributed by atoms with Crippen molar-refractivity contribution < 1.29 is 10.0 Å². The van der Waals surface area contributed by atoms with Crippen molar-refractivity contribution in [2.75, 3.05) is 6.54 Å². The fourth-order valence-electron chi connectivity index (χ4n) is 1.43. The van der Waals surface area contributed by atoms with Crippen molar-refractivity contribution in [3.05, 3.63) is 0 Å². The fourth-order valence-corrected chi connectivity index (χ4v) is 1.43. The number of nitrogens with zero attached hydrogens (tertiary/aromatic N) is 2. The second kappa shape index (κ2) is 7.96. The number of amidine groups is 1. The largest absolute Gasteiger partial charge is 0.409 e. The summed E-state index contributed by atoms with van der Waals surface area (Å²) in [5.74, 6) is 0.132. The Hall–Kier alpha value is -1.26.